The lowest BCUT2D eigenvalue weighted by Gasteiger charge is -2.34. The molecule has 6 nitrogen and oxygen atoms in total. The molecule has 6 heteroatoms. The summed E-state index contributed by atoms with van der Waals surface area (Å²) in [6.07, 6.45) is 1.77. The molecule has 2 N–H and O–H groups in total. The van der Waals surface area contributed by atoms with Gasteiger partial charge >= 0.3 is 0 Å². The van der Waals surface area contributed by atoms with Crippen LogP contribution in [-0.4, -0.2) is 47.9 Å². The first-order valence-electron chi connectivity index (χ1n) is 7.70. The van der Waals surface area contributed by atoms with Crippen LogP contribution in [0.3, 0.4) is 0 Å². The van der Waals surface area contributed by atoms with Gasteiger partial charge in [0.15, 0.2) is 5.82 Å². The first kappa shape index (κ1) is 16.0. The summed E-state index contributed by atoms with van der Waals surface area (Å²) in [7, 11) is 1.86. The van der Waals surface area contributed by atoms with Crippen molar-refractivity contribution in [3.8, 4) is 0 Å². The largest absolute Gasteiger partial charge is 0.393 e. The highest BCUT2D eigenvalue weighted by molar-refractivity contribution is 5.49. The van der Waals surface area contributed by atoms with Gasteiger partial charge in [-0.05, 0) is 32.6 Å². The lowest BCUT2D eigenvalue weighted by Crippen LogP contribution is -2.37. The molecule has 1 unspecified atom stereocenters. The van der Waals surface area contributed by atoms with E-state index in [-0.39, 0.29) is 6.10 Å². The number of aliphatic hydroxyl groups is 1. The molecule has 0 aliphatic carbocycles. The molecular formula is C15H26N4O2. The third-order valence-corrected chi connectivity index (χ3v) is 4.00. The Kier molecular flexibility index (Phi) is 5.76. The zero-order valence-corrected chi connectivity index (χ0v) is 13.2. The van der Waals surface area contributed by atoms with E-state index in [1.807, 2.05) is 27.0 Å². The Morgan fingerprint density at radius 3 is 2.71 bits per heavy atom. The van der Waals surface area contributed by atoms with Gasteiger partial charge < -0.3 is 20.1 Å². The minimum absolute atomic E-state index is 0.223. The first-order valence-corrected chi connectivity index (χ1v) is 7.70. The van der Waals surface area contributed by atoms with Gasteiger partial charge in [0.2, 0.25) is 0 Å². The molecule has 1 saturated heterocycles. The maximum atomic E-state index is 9.69. The predicted octanol–water partition coefficient (Wildman–Crippen LogP) is 1.65. The second kappa shape index (κ2) is 7.56. The molecule has 1 aliphatic rings. The van der Waals surface area contributed by atoms with Crippen LogP contribution in [0.5, 0.6) is 0 Å². The van der Waals surface area contributed by atoms with Crippen molar-refractivity contribution in [3.63, 3.8) is 0 Å². The van der Waals surface area contributed by atoms with Gasteiger partial charge in [0.1, 0.15) is 18.2 Å². The second-order valence-corrected chi connectivity index (χ2v) is 5.48. The van der Waals surface area contributed by atoms with Crippen molar-refractivity contribution in [1.82, 2.24) is 9.97 Å². The molecule has 0 bridgehead atoms. The molecule has 21 heavy (non-hydrogen) atoms. The van der Waals surface area contributed by atoms with Crippen LogP contribution >= 0.6 is 0 Å². The Hall–Kier alpha value is -1.40. The zero-order valence-electron chi connectivity index (χ0n) is 13.2. The molecule has 1 atom stereocenters. The molecule has 0 spiro atoms. The van der Waals surface area contributed by atoms with Crippen molar-refractivity contribution in [2.24, 2.45) is 5.92 Å². The van der Waals surface area contributed by atoms with Gasteiger partial charge in [-0.15, -0.1) is 0 Å². The molecule has 0 saturated carbocycles. The van der Waals surface area contributed by atoms with Crippen LogP contribution in [0.2, 0.25) is 0 Å². The van der Waals surface area contributed by atoms with E-state index in [1.54, 1.807) is 0 Å². The van der Waals surface area contributed by atoms with Crippen molar-refractivity contribution in [1.29, 1.82) is 0 Å². The highest BCUT2D eigenvalue weighted by atomic mass is 16.5. The number of hydrogen-bond acceptors (Lipinski definition) is 6. The minimum atomic E-state index is -0.223. The van der Waals surface area contributed by atoms with Gasteiger partial charge in [0.05, 0.1) is 6.10 Å². The lowest BCUT2D eigenvalue weighted by atomic mass is 9.92. The smallest absolute Gasteiger partial charge is 0.158 e. The maximum Gasteiger partial charge on any atom is 0.158 e. The van der Waals surface area contributed by atoms with Crippen molar-refractivity contribution >= 4 is 11.6 Å². The number of rotatable bonds is 6. The molecule has 0 amide bonds. The van der Waals surface area contributed by atoms with E-state index < -0.39 is 0 Å². The fraction of sp³-hybridized carbons (Fsp3) is 0.733. The molecule has 1 aromatic heterocycles. The Balaban J connectivity index is 2.08. The molecule has 0 aromatic carbocycles. The monoisotopic (exact) mass is 294 g/mol. The van der Waals surface area contributed by atoms with Crippen LogP contribution in [0.15, 0.2) is 6.07 Å². The first-order chi connectivity index (χ1) is 10.1. The van der Waals surface area contributed by atoms with E-state index in [0.29, 0.717) is 25.0 Å². The van der Waals surface area contributed by atoms with Crippen molar-refractivity contribution in [2.75, 3.05) is 37.0 Å². The van der Waals surface area contributed by atoms with Crippen molar-refractivity contribution in [2.45, 2.75) is 39.4 Å². The number of nitrogens with zero attached hydrogens (tertiary/aromatic N) is 3. The molecule has 2 rings (SSSR count). The van der Waals surface area contributed by atoms with E-state index in [4.69, 9.17) is 4.74 Å². The lowest BCUT2D eigenvalue weighted by molar-refractivity contribution is 0.109. The summed E-state index contributed by atoms with van der Waals surface area (Å²) < 4.78 is 5.41. The number of hydrogen-bond donors (Lipinski definition) is 2. The van der Waals surface area contributed by atoms with Gasteiger partial charge in [-0.3, -0.25) is 0 Å². The van der Waals surface area contributed by atoms with Crippen LogP contribution in [0.1, 0.15) is 32.5 Å². The second-order valence-electron chi connectivity index (χ2n) is 5.48. The highest BCUT2D eigenvalue weighted by Gasteiger charge is 2.23. The number of piperidine rings is 1. The summed E-state index contributed by atoms with van der Waals surface area (Å²) in [6.45, 7) is 6.77. The zero-order chi connectivity index (χ0) is 15.2. The fourth-order valence-electron chi connectivity index (χ4n) is 2.64. The Morgan fingerprint density at radius 1 is 1.43 bits per heavy atom. The van der Waals surface area contributed by atoms with Crippen LogP contribution in [0.25, 0.3) is 0 Å². The number of anilines is 2. The number of ether oxygens (including phenoxy) is 1. The quantitative estimate of drug-likeness (QED) is 0.831. The van der Waals surface area contributed by atoms with Gasteiger partial charge in [0.25, 0.3) is 0 Å². The van der Waals surface area contributed by atoms with E-state index in [2.05, 4.69) is 20.2 Å². The summed E-state index contributed by atoms with van der Waals surface area (Å²) in [4.78, 5) is 11.3. The minimum Gasteiger partial charge on any atom is -0.393 e. The Morgan fingerprint density at radius 2 is 2.14 bits per heavy atom. The summed E-state index contributed by atoms with van der Waals surface area (Å²) >= 11 is 0. The molecule has 0 radical (unpaired) electrons. The Labute approximate surface area is 126 Å². The molecular weight excluding hydrogens is 268 g/mol. The van der Waals surface area contributed by atoms with Gasteiger partial charge in [0, 0.05) is 32.8 Å². The molecule has 1 aliphatic heterocycles. The third kappa shape index (κ3) is 4.28. The van der Waals surface area contributed by atoms with Crippen LogP contribution < -0.4 is 10.2 Å². The summed E-state index contributed by atoms with van der Waals surface area (Å²) in [5.74, 6) is 2.85. The van der Waals surface area contributed by atoms with Crippen LogP contribution in [-0.2, 0) is 11.3 Å². The average Bonchev–Trinajstić information content (AvgIpc) is 2.52. The standard InChI is InChI=1S/C15H26N4O2/c1-4-21-10-14-17-13(16-3)9-15(18-14)19-7-5-12(6-8-19)11(2)20/h9,11-12,20H,4-8,10H2,1-3H3,(H,16,17,18). The van der Waals surface area contributed by atoms with Crippen molar-refractivity contribution in [3.05, 3.63) is 11.9 Å². The van der Waals surface area contributed by atoms with Gasteiger partial charge in [-0.2, -0.15) is 0 Å². The van der Waals surface area contributed by atoms with E-state index in [0.717, 1.165) is 37.6 Å². The topological polar surface area (TPSA) is 70.5 Å². The summed E-state index contributed by atoms with van der Waals surface area (Å²) in [5, 5.41) is 12.8. The van der Waals surface area contributed by atoms with E-state index in [9.17, 15) is 5.11 Å². The summed E-state index contributed by atoms with van der Waals surface area (Å²) in [6, 6.07) is 1.97. The molecule has 2 heterocycles. The van der Waals surface area contributed by atoms with Crippen molar-refractivity contribution < 1.29 is 9.84 Å². The molecule has 118 valence electrons. The normalized spacial score (nSPS) is 17.8. The van der Waals surface area contributed by atoms with E-state index >= 15 is 0 Å². The number of nitrogens with one attached hydrogen (secondary N) is 1. The molecule has 1 fully saturated rings. The van der Waals surface area contributed by atoms with Crippen LogP contribution in [0.4, 0.5) is 11.6 Å². The maximum absolute atomic E-state index is 9.69. The highest BCUT2D eigenvalue weighted by Crippen LogP contribution is 2.25. The van der Waals surface area contributed by atoms with Gasteiger partial charge in [-0.25, -0.2) is 9.97 Å². The third-order valence-electron chi connectivity index (χ3n) is 4.00. The number of aromatic nitrogens is 2. The Bertz CT molecular complexity index is 445. The predicted molar refractivity (Wildman–Crippen MR) is 83.5 cm³/mol. The molecule has 1 aromatic rings. The fourth-order valence-corrected chi connectivity index (χ4v) is 2.64. The summed E-state index contributed by atoms with van der Waals surface area (Å²) in [5.41, 5.74) is 0. The van der Waals surface area contributed by atoms with Gasteiger partial charge in [-0.1, -0.05) is 0 Å². The van der Waals surface area contributed by atoms with Crippen LogP contribution in [0, 0.1) is 5.92 Å². The van der Waals surface area contributed by atoms with E-state index in [1.165, 1.54) is 0 Å². The number of aliphatic hydroxyl groups excluding tert-OH is 1. The average molecular weight is 294 g/mol. The SMILES string of the molecule is CCOCc1nc(NC)cc(N2CCC(C(C)O)CC2)n1.